The van der Waals surface area contributed by atoms with Crippen LogP contribution in [0.3, 0.4) is 0 Å². The Morgan fingerprint density at radius 1 is 1.04 bits per heavy atom. The van der Waals surface area contributed by atoms with Crippen LogP contribution >= 0.6 is 11.6 Å². The summed E-state index contributed by atoms with van der Waals surface area (Å²) in [6.45, 7) is 10.4. The molecule has 6 nitrogen and oxygen atoms in total. The highest BCUT2D eigenvalue weighted by molar-refractivity contribution is 6.34. The molecule has 1 aromatic rings. The maximum absolute atomic E-state index is 12.9. The molecule has 1 saturated heterocycles. The smallest absolute Gasteiger partial charge is 0.239 e. The van der Waals surface area contributed by atoms with E-state index in [0.29, 0.717) is 36.9 Å². The number of aryl methyl sites for hydroxylation is 2. The normalized spacial score (nSPS) is 15.0. The maximum Gasteiger partial charge on any atom is 0.239 e. The molecule has 3 amide bonds. The Morgan fingerprint density at radius 3 is 2.08 bits per heavy atom. The van der Waals surface area contributed by atoms with Crippen molar-refractivity contribution in [3.63, 3.8) is 0 Å². The lowest BCUT2D eigenvalue weighted by molar-refractivity contribution is -0.149. The lowest BCUT2D eigenvalue weighted by Crippen LogP contribution is -2.55. The summed E-state index contributed by atoms with van der Waals surface area (Å²) < 4.78 is 0. The molecule has 0 bridgehead atoms. The van der Waals surface area contributed by atoms with E-state index in [1.807, 2.05) is 19.9 Å². The molecule has 1 aliphatic heterocycles. The van der Waals surface area contributed by atoms with E-state index in [1.165, 1.54) is 6.92 Å². The summed E-state index contributed by atoms with van der Waals surface area (Å²) in [6, 6.07) is 3.71. The Kier molecular flexibility index (Phi) is 5.96. The molecule has 0 radical (unpaired) electrons. The van der Waals surface area contributed by atoms with Gasteiger partial charge in [0.25, 0.3) is 0 Å². The number of anilines is 1. The first-order valence-electron chi connectivity index (χ1n) is 8.67. The zero-order valence-electron chi connectivity index (χ0n) is 16.0. The third kappa shape index (κ3) is 4.18. The lowest BCUT2D eigenvalue weighted by Gasteiger charge is -2.37. The van der Waals surface area contributed by atoms with Crippen LogP contribution in [0.2, 0.25) is 5.02 Å². The minimum Gasteiger partial charge on any atom is -0.339 e. The highest BCUT2D eigenvalue weighted by Crippen LogP contribution is 2.30. The number of halogens is 1. The van der Waals surface area contributed by atoms with Gasteiger partial charge in [0.15, 0.2) is 0 Å². The van der Waals surface area contributed by atoms with Crippen molar-refractivity contribution >= 4 is 35.0 Å². The largest absolute Gasteiger partial charge is 0.339 e. The van der Waals surface area contributed by atoms with Crippen LogP contribution < -0.4 is 5.32 Å². The average Bonchev–Trinajstić information content (AvgIpc) is 2.57. The van der Waals surface area contributed by atoms with Crippen molar-refractivity contribution in [1.29, 1.82) is 0 Å². The molecule has 7 heteroatoms. The predicted octanol–water partition coefficient (Wildman–Crippen LogP) is 2.61. The molecule has 0 unspecified atom stereocenters. The maximum atomic E-state index is 12.9. The van der Waals surface area contributed by atoms with Crippen LogP contribution in [0.25, 0.3) is 0 Å². The molecule has 0 saturated carbocycles. The van der Waals surface area contributed by atoms with Crippen molar-refractivity contribution in [1.82, 2.24) is 9.80 Å². The molecule has 0 atom stereocenters. The number of nitrogens with one attached hydrogen (secondary N) is 1. The van der Waals surface area contributed by atoms with Crippen LogP contribution in [-0.4, -0.2) is 53.7 Å². The number of nitrogens with zero attached hydrogens (tertiary/aromatic N) is 2. The second kappa shape index (κ2) is 7.66. The number of carbonyl (C=O) groups is 3. The molecule has 142 valence electrons. The van der Waals surface area contributed by atoms with Crippen molar-refractivity contribution in [2.75, 3.05) is 31.5 Å². The molecular formula is C19H26ClN3O3. The summed E-state index contributed by atoms with van der Waals surface area (Å²) in [6.07, 6.45) is 0. The van der Waals surface area contributed by atoms with Crippen LogP contribution in [0.1, 0.15) is 31.9 Å². The van der Waals surface area contributed by atoms with Gasteiger partial charge in [0.1, 0.15) is 5.41 Å². The van der Waals surface area contributed by atoms with Gasteiger partial charge in [-0.25, -0.2) is 0 Å². The predicted molar refractivity (Wildman–Crippen MR) is 102 cm³/mol. The van der Waals surface area contributed by atoms with E-state index < -0.39 is 11.3 Å². The molecule has 1 N–H and O–H groups in total. The minimum atomic E-state index is -1.24. The fraction of sp³-hybridized carbons (Fsp3) is 0.526. The third-order valence-corrected chi connectivity index (χ3v) is 5.08. The number of rotatable bonds is 3. The summed E-state index contributed by atoms with van der Waals surface area (Å²) >= 11 is 6.26. The highest BCUT2D eigenvalue weighted by Gasteiger charge is 2.40. The van der Waals surface area contributed by atoms with Gasteiger partial charge in [-0.05, 0) is 44.9 Å². The monoisotopic (exact) mass is 379 g/mol. The SMILES string of the molecule is CC(=O)N1CCN(C(=O)C(C)(C)C(=O)Nc2c(C)cc(C)cc2Cl)CC1. The molecule has 0 aromatic heterocycles. The summed E-state index contributed by atoms with van der Waals surface area (Å²) in [5.41, 5.74) is 1.15. The Hall–Kier alpha value is -2.08. The van der Waals surface area contributed by atoms with Crippen LogP contribution in [-0.2, 0) is 14.4 Å². The van der Waals surface area contributed by atoms with Crippen molar-refractivity contribution in [3.8, 4) is 0 Å². The quantitative estimate of drug-likeness (QED) is 0.821. The Labute approximate surface area is 159 Å². The summed E-state index contributed by atoms with van der Waals surface area (Å²) in [7, 11) is 0. The molecule has 0 aliphatic carbocycles. The van der Waals surface area contributed by atoms with Gasteiger partial charge in [-0.3, -0.25) is 14.4 Å². The van der Waals surface area contributed by atoms with Crippen LogP contribution in [0.5, 0.6) is 0 Å². The first kappa shape index (κ1) is 20.2. The van der Waals surface area contributed by atoms with Crippen molar-refractivity contribution in [3.05, 3.63) is 28.3 Å². The Balaban J connectivity index is 2.10. The second-order valence-electron chi connectivity index (χ2n) is 7.32. The average molecular weight is 380 g/mol. The molecule has 0 spiro atoms. The topological polar surface area (TPSA) is 69.7 Å². The first-order valence-corrected chi connectivity index (χ1v) is 9.05. The van der Waals surface area contributed by atoms with Crippen molar-refractivity contribution in [2.24, 2.45) is 5.41 Å². The second-order valence-corrected chi connectivity index (χ2v) is 7.72. The number of hydrogen-bond donors (Lipinski definition) is 1. The van der Waals surface area contributed by atoms with Gasteiger partial charge in [0.2, 0.25) is 17.7 Å². The van der Waals surface area contributed by atoms with Gasteiger partial charge in [0, 0.05) is 33.1 Å². The van der Waals surface area contributed by atoms with E-state index in [1.54, 1.807) is 29.7 Å². The summed E-state index contributed by atoms with van der Waals surface area (Å²) in [5.74, 6) is -0.650. The van der Waals surface area contributed by atoms with Crippen molar-refractivity contribution in [2.45, 2.75) is 34.6 Å². The van der Waals surface area contributed by atoms with Crippen LogP contribution in [0.4, 0.5) is 5.69 Å². The number of benzene rings is 1. The van der Waals surface area contributed by atoms with Gasteiger partial charge in [-0.2, -0.15) is 0 Å². The lowest BCUT2D eigenvalue weighted by atomic mass is 9.89. The Bertz CT molecular complexity index is 715. The molecule has 1 fully saturated rings. The van der Waals surface area contributed by atoms with Gasteiger partial charge >= 0.3 is 0 Å². The molecular weight excluding hydrogens is 354 g/mol. The minimum absolute atomic E-state index is 0.00131. The molecule has 1 heterocycles. The number of carbonyl (C=O) groups excluding carboxylic acids is 3. The van der Waals surface area contributed by atoms with Gasteiger partial charge < -0.3 is 15.1 Å². The van der Waals surface area contributed by atoms with Gasteiger partial charge in [-0.1, -0.05) is 17.7 Å². The van der Waals surface area contributed by atoms with E-state index in [9.17, 15) is 14.4 Å². The van der Waals surface area contributed by atoms with E-state index in [0.717, 1.165) is 11.1 Å². The molecule has 2 rings (SSSR count). The molecule has 26 heavy (non-hydrogen) atoms. The number of piperazine rings is 1. The number of hydrogen-bond acceptors (Lipinski definition) is 3. The van der Waals surface area contributed by atoms with Crippen LogP contribution in [0.15, 0.2) is 12.1 Å². The van der Waals surface area contributed by atoms with E-state index >= 15 is 0 Å². The van der Waals surface area contributed by atoms with Crippen molar-refractivity contribution < 1.29 is 14.4 Å². The van der Waals surface area contributed by atoms with E-state index in [2.05, 4.69) is 5.32 Å². The standard InChI is InChI=1S/C19H26ClN3O3/c1-12-10-13(2)16(15(20)11-12)21-17(25)19(4,5)18(26)23-8-6-22(7-9-23)14(3)24/h10-11H,6-9H2,1-5H3,(H,21,25). The molecule has 1 aromatic carbocycles. The molecule has 1 aliphatic rings. The van der Waals surface area contributed by atoms with Gasteiger partial charge in [-0.15, -0.1) is 0 Å². The zero-order chi connectivity index (χ0) is 19.6. The Morgan fingerprint density at radius 2 is 1.58 bits per heavy atom. The highest BCUT2D eigenvalue weighted by atomic mass is 35.5. The summed E-state index contributed by atoms with van der Waals surface area (Å²) in [4.78, 5) is 40.4. The third-order valence-electron chi connectivity index (χ3n) is 4.78. The first-order chi connectivity index (χ1) is 12.0. The zero-order valence-corrected chi connectivity index (χ0v) is 16.7. The summed E-state index contributed by atoms with van der Waals surface area (Å²) in [5, 5.41) is 3.26. The van der Waals surface area contributed by atoms with E-state index in [-0.39, 0.29) is 11.8 Å². The van der Waals surface area contributed by atoms with E-state index in [4.69, 9.17) is 11.6 Å². The fourth-order valence-corrected chi connectivity index (χ4v) is 3.43. The van der Waals surface area contributed by atoms with Gasteiger partial charge in [0.05, 0.1) is 10.7 Å². The number of amides is 3. The van der Waals surface area contributed by atoms with Crippen LogP contribution in [0, 0.1) is 19.3 Å². The fourth-order valence-electron chi connectivity index (χ4n) is 3.06.